The van der Waals surface area contributed by atoms with Gasteiger partial charge in [-0.25, -0.2) is 0 Å². The lowest BCUT2D eigenvalue weighted by Gasteiger charge is -2.24. The van der Waals surface area contributed by atoms with Gasteiger partial charge in [-0.1, -0.05) is 5.57 Å². The molecule has 2 rings (SSSR count). The molecule has 2 heteroatoms. The van der Waals surface area contributed by atoms with Gasteiger partial charge in [-0.05, 0) is 39.0 Å². The Morgan fingerprint density at radius 3 is 2.86 bits per heavy atom. The quantitative estimate of drug-likeness (QED) is 0.699. The summed E-state index contributed by atoms with van der Waals surface area (Å²) < 4.78 is 5.73. The summed E-state index contributed by atoms with van der Waals surface area (Å²) in [7, 11) is 0. The monoisotopic (exact) mass is 196 g/mol. The number of ether oxygens (including phenoxy) is 1. The summed E-state index contributed by atoms with van der Waals surface area (Å²) >= 11 is 0. The number of aliphatic hydroxyl groups is 1. The summed E-state index contributed by atoms with van der Waals surface area (Å²) in [6.45, 7) is 5.88. The summed E-state index contributed by atoms with van der Waals surface area (Å²) in [6, 6.07) is 0. The van der Waals surface area contributed by atoms with Crippen molar-refractivity contribution >= 4 is 0 Å². The van der Waals surface area contributed by atoms with Gasteiger partial charge < -0.3 is 9.84 Å². The van der Waals surface area contributed by atoms with Crippen molar-refractivity contribution in [2.24, 2.45) is 5.92 Å². The van der Waals surface area contributed by atoms with Crippen molar-refractivity contribution in [3.05, 3.63) is 12.2 Å². The Morgan fingerprint density at radius 1 is 1.57 bits per heavy atom. The highest BCUT2D eigenvalue weighted by molar-refractivity contribution is 4.95. The maximum absolute atomic E-state index is 10.00. The standard InChI is InChI=1S/C12H20O2/c1-8(2)3-5-11(13)10-7-9-4-6-12(10)14-9/h9-13H,1,3-7H2,2H3. The minimum absolute atomic E-state index is 0.179. The molecule has 2 heterocycles. The molecule has 0 aromatic carbocycles. The molecule has 14 heavy (non-hydrogen) atoms. The first-order valence-electron chi connectivity index (χ1n) is 5.64. The fourth-order valence-electron chi connectivity index (χ4n) is 2.69. The van der Waals surface area contributed by atoms with Crippen LogP contribution in [0.5, 0.6) is 0 Å². The van der Waals surface area contributed by atoms with E-state index in [1.165, 1.54) is 6.42 Å². The molecule has 0 radical (unpaired) electrons. The van der Waals surface area contributed by atoms with Gasteiger partial charge in [0.25, 0.3) is 0 Å². The van der Waals surface area contributed by atoms with Gasteiger partial charge >= 0.3 is 0 Å². The Hall–Kier alpha value is -0.340. The van der Waals surface area contributed by atoms with E-state index in [1.807, 2.05) is 6.92 Å². The molecule has 2 aliphatic heterocycles. The van der Waals surface area contributed by atoms with Gasteiger partial charge in [0.15, 0.2) is 0 Å². The van der Waals surface area contributed by atoms with E-state index < -0.39 is 0 Å². The Morgan fingerprint density at radius 2 is 2.36 bits per heavy atom. The van der Waals surface area contributed by atoms with E-state index in [0.717, 1.165) is 31.3 Å². The fraction of sp³-hybridized carbons (Fsp3) is 0.833. The molecule has 2 nitrogen and oxygen atoms in total. The van der Waals surface area contributed by atoms with Crippen molar-refractivity contribution < 1.29 is 9.84 Å². The molecule has 4 unspecified atom stereocenters. The van der Waals surface area contributed by atoms with Crippen LogP contribution >= 0.6 is 0 Å². The third kappa shape index (κ3) is 2.01. The normalized spacial score (nSPS) is 37.4. The van der Waals surface area contributed by atoms with Crippen LogP contribution in [0.2, 0.25) is 0 Å². The van der Waals surface area contributed by atoms with Crippen LogP contribution in [0.1, 0.15) is 39.0 Å². The van der Waals surface area contributed by atoms with Crippen molar-refractivity contribution in [3.63, 3.8) is 0 Å². The van der Waals surface area contributed by atoms with Gasteiger partial charge in [-0.2, -0.15) is 0 Å². The van der Waals surface area contributed by atoms with E-state index in [-0.39, 0.29) is 6.10 Å². The maximum atomic E-state index is 10.00. The molecule has 2 saturated heterocycles. The number of rotatable bonds is 4. The van der Waals surface area contributed by atoms with Gasteiger partial charge in [0, 0.05) is 5.92 Å². The number of aliphatic hydroxyl groups excluding tert-OH is 1. The van der Waals surface area contributed by atoms with E-state index in [9.17, 15) is 5.11 Å². The fourth-order valence-corrected chi connectivity index (χ4v) is 2.69. The molecule has 0 aromatic rings. The van der Waals surface area contributed by atoms with E-state index >= 15 is 0 Å². The number of fused-ring (bicyclic) bond motifs is 2. The lowest BCUT2D eigenvalue weighted by Crippen LogP contribution is -2.29. The molecule has 0 saturated carbocycles. The van der Waals surface area contributed by atoms with Crippen LogP contribution in [0.15, 0.2) is 12.2 Å². The smallest absolute Gasteiger partial charge is 0.0633 e. The Balaban J connectivity index is 1.80. The van der Waals surface area contributed by atoms with Gasteiger partial charge in [0.2, 0.25) is 0 Å². The minimum Gasteiger partial charge on any atom is -0.393 e. The summed E-state index contributed by atoms with van der Waals surface area (Å²) in [5.41, 5.74) is 1.16. The molecule has 80 valence electrons. The second kappa shape index (κ2) is 4.03. The molecule has 0 aliphatic carbocycles. The van der Waals surface area contributed by atoms with Crippen LogP contribution in [0, 0.1) is 5.92 Å². The molecule has 1 N–H and O–H groups in total. The first kappa shape index (κ1) is 10.2. The molecule has 2 aliphatic rings. The SMILES string of the molecule is C=C(C)CCC(O)C1CC2CCC1O2. The first-order valence-corrected chi connectivity index (χ1v) is 5.64. The van der Waals surface area contributed by atoms with Crippen LogP contribution in [0.25, 0.3) is 0 Å². The van der Waals surface area contributed by atoms with E-state index in [2.05, 4.69) is 6.58 Å². The van der Waals surface area contributed by atoms with Gasteiger partial charge in [-0.3, -0.25) is 0 Å². The predicted octanol–water partition coefficient (Wildman–Crippen LogP) is 2.27. The topological polar surface area (TPSA) is 29.5 Å². The average Bonchev–Trinajstić information content (AvgIpc) is 2.74. The van der Waals surface area contributed by atoms with Crippen molar-refractivity contribution in [1.82, 2.24) is 0 Å². The minimum atomic E-state index is -0.179. The van der Waals surface area contributed by atoms with E-state index in [4.69, 9.17) is 4.74 Å². The number of hydrogen-bond acceptors (Lipinski definition) is 2. The predicted molar refractivity (Wildman–Crippen MR) is 56.1 cm³/mol. The molecule has 0 aromatic heterocycles. The van der Waals surface area contributed by atoms with Gasteiger partial charge in [-0.15, -0.1) is 6.58 Å². The molecule has 4 atom stereocenters. The second-order valence-corrected chi connectivity index (χ2v) is 4.84. The van der Waals surface area contributed by atoms with Crippen molar-refractivity contribution in [1.29, 1.82) is 0 Å². The molecular weight excluding hydrogens is 176 g/mol. The zero-order valence-electron chi connectivity index (χ0n) is 8.91. The average molecular weight is 196 g/mol. The molecular formula is C12H20O2. The molecule has 0 spiro atoms. The summed E-state index contributed by atoms with van der Waals surface area (Å²) in [4.78, 5) is 0. The zero-order valence-corrected chi connectivity index (χ0v) is 8.91. The van der Waals surface area contributed by atoms with Crippen LogP contribution < -0.4 is 0 Å². The van der Waals surface area contributed by atoms with Crippen molar-refractivity contribution in [2.45, 2.75) is 57.3 Å². The van der Waals surface area contributed by atoms with Gasteiger partial charge in [0.05, 0.1) is 18.3 Å². The van der Waals surface area contributed by atoms with Crippen LogP contribution in [-0.4, -0.2) is 23.4 Å². The van der Waals surface area contributed by atoms with Gasteiger partial charge in [0.1, 0.15) is 0 Å². The van der Waals surface area contributed by atoms with Crippen molar-refractivity contribution in [2.75, 3.05) is 0 Å². The summed E-state index contributed by atoms with van der Waals surface area (Å²) in [5, 5.41) is 10.00. The van der Waals surface area contributed by atoms with Crippen LogP contribution in [0.4, 0.5) is 0 Å². The third-order valence-corrected chi connectivity index (χ3v) is 3.51. The number of hydrogen-bond donors (Lipinski definition) is 1. The lowest BCUT2D eigenvalue weighted by atomic mass is 9.83. The molecule has 2 bridgehead atoms. The Bertz CT molecular complexity index is 224. The highest BCUT2D eigenvalue weighted by Gasteiger charge is 2.43. The highest BCUT2D eigenvalue weighted by atomic mass is 16.5. The molecule has 0 amide bonds. The summed E-state index contributed by atoms with van der Waals surface area (Å²) in [5.74, 6) is 0.396. The van der Waals surface area contributed by atoms with Crippen molar-refractivity contribution in [3.8, 4) is 0 Å². The second-order valence-electron chi connectivity index (χ2n) is 4.84. The third-order valence-electron chi connectivity index (χ3n) is 3.51. The molecule has 2 fully saturated rings. The highest BCUT2D eigenvalue weighted by Crippen LogP contribution is 2.41. The zero-order chi connectivity index (χ0) is 10.1. The van der Waals surface area contributed by atoms with E-state index in [0.29, 0.717) is 18.1 Å². The maximum Gasteiger partial charge on any atom is 0.0633 e. The van der Waals surface area contributed by atoms with Crippen LogP contribution in [0.3, 0.4) is 0 Å². The largest absolute Gasteiger partial charge is 0.393 e. The number of allylic oxidation sites excluding steroid dienone is 1. The van der Waals surface area contributed by atoms with E-state index in [1.54, 1.807) is 0 Å². The lowest BCUT2D eigenvalue weighted by molar-refractivity contribution is 0.0391. The first-order chi connectivity index (χ1) is 6.66. The van der Waals surface area contributed by atoms with Crippen LogP contribution in [-0.2, 0) is 4.74 Å². The summed E-state index contributed by atoms with van der Waals surface area (Å²) in [6.07, 6.45) is 5.84. The Labute approximate surface area is 86.0 Å². The Kier molecular flexibility index (Phi) is 2.93.